The Morgan fingerprint density at radius 2 is 2.12 bits per heavy atom. The lowest BCUT2D eigenvalue weighted by atomic mass is 10.2. The summed E-state index contributed by atoms with van der Waals surface area (Å²) >= 11 is 6.08. The molecule has 0 spiro atoms. The van der Waals surface area contributed by atoms with E-state index in [0.717, 1.165) is 23.7 Å². The van der Waals surface area contributed by atoms with Crippen molar-refractivity contribution in [3.63, 3.8) is 0 Å². The van der Waals surface area contributed by atoms with Gasteiger partial charge in [-0.05, 0) is 37.1 Å². The van der Waals surface area contributed by atoms with Crippen molar-refractivity contribution < 1.29 is 4.21 Å². The second-order valence-corrected chi connectivity index (χ2v) is 7.02. The van der Waals surface area contributed by atoms with Crippen LogP contribution in [-0.2, 0) is 9.73 Å². The molecule has 5 heteroatoms. The van der Waals surface area contributed by atoms with E-state index in [2.05, 4.69) is 4.98 Å². The minimum absolute atomic E-state index is 0.0235. The second-order valence-electron chi connectivity index (χ2n) is 4.27. The van der Waals surface area contributed by atoms with Gasteiger partial charge in [0.1, 0.15) is 0 Å². The largest absolute Gasteiger partial charge is 0.256 e. The van der Waals surface area contributed by atoms with Crippen LogP contribution in [0.5, 0.6) is 0 Å². The molecule has 1 aliphatic carbocycles. The molecule has 2 aromatic rings. The summed E-state index contributed by atoms with van der Waals surface area (Å²) in [5.74, 6) is 0. The fourth-order valence-corrected chi connectivity index (χ4v) is 3.83. The van der Waals surface area contributed by atoms with Crippen LogP contribution in [0.1, 0.15) is 12.8 Å². The van der Waals surface area contributed by atoms with Crippen molar-refractivity contribution in [2.24, 2.45) is 0 Å². The van der Waals surface area contributed by atoms with Gasteiger partial charge >= 0.3 is 0 Å². The summed E-state index contributed by atoms with van der Waals surface area (Å²) in [7, 11) is -2.66. The predicted molar refractivity (Wildman–Crippen MR) is 68.9 cm³/mol. The maximum absolute atomic E-state index is 12.3. The van der Waals surface area contributed by atoms with Crippen LogP contribution in [0.3, 0.4) is 0 Å². The highest BCUT2D eigenvalue weighted by Crippen LogP contribution is 2.35. The third-order valence-corrected chi connectivity index (χ3v) is 5.70. The molecule has 1 heterocycles. The quantitative estimate of drug-likeness (QED) is 0.905. The number of hydrogen-bond acceptors (Lipinski definition) is 3. The maximum atomic E-state index is 12.3. The van der Waals surface area contributed by atoms with E-state index < -0.39 is 9.73 Å². The molecule has 0 amide bonds. The fourth-order valence-electron chi connectivity index (χ4n) is 1.87. The molecular weight excluding hydrogens is 256 g/mol. The van der Waals surface area contributed by atoms with Crippen molar-refractivity contribution >= 4 is 32.2 Å². The molecule has 1 atom stereocenters. The maximum Gasteiger partial charge on any atom is 0.0755 e. The first kappa shape index (κ1) is 11.0. The normalized spacial score (nSPS) is 19.1. The van der Waals surface area contributed by atoms with Gasteiger partial charge in [-0.2, -0.15) is 0 Å². The molecular formula is C12H11ClN2OS. The van der Waals surface area contributed by atoms with Crippen LogP contribution in [0.2, 0.25) is 5.02 Å². The molecule has 0 saturated heterocycles. The number of benzene rings is 1. The highest BCUT2D eigenvalue weighted by Gasteiger charge is 2.33. The third-order valence-electron chi connectivity index (χ3n) is 3.00. The van der Waals surface area contributed by atoms with Crippen LogP contribution in [-0.4, -0.2) is 14.4 Å². The molecule has 1 aromatic heterocycles. The number of pyridine rings is 1. The predicted octanol–water partition coefficient (Wildman–Crippen LogP) is 3.46. The lowest BCUT2D eigenvalue weighted by Gasteiger charge is -2.07. The van der Waals surface area contributed by atoms with Crippen LogP contribution in [0, 0.1) is 4.78 Å². The van der Waals surface area contributed by atoms with E-state index in [-0.39, 0.29) is 5.25 Å². The molecule has 3 rings (SSSR count). The van der Waals surface area contributed by atoms with Gasteiger partial charge < -0.3 is 0 Å². The van der Waals surface area contributed by atoms with Gasteiger partial charge in [0.05, 0.1) is 20.3 Å². The Labute approximate surface area is 105 Å². The zero-order chi connectivity index (χ0) is 12.0. The molecule has 88 valence electrons. The second kappa shape index (κ2) is 3.68. The minimum atomic E-state index is -2.66. The Balaban J connectivity index is 2.23. The van der Waals surface area contributed by atoms with Crippen LogP contribution < -0.4 is 0 Å². The van der Waals surface area contributed by atoms with Gasteiger partial charge in [-0.3, -0.25) is 4.98 Å². The Hall–Kier alpha value is -1.13. The molecule has 1 N–H and O–H groups in total. The average molecular weight is 267 g/mol. The van der Waals surface area contributed by atoms with Gasteiger partial charge in [-0.1, -0.05) is 11.6 Å². The van der Waals surface area contributed by atoms with E-state index in [4.69, 9.17) is 16.4 Å². The Bertz CT molecular complexity index is 693. The Morgan fingerprint density at radius 3 is 2.82 bits per heavy atom. The number of rotatable bonds is 2. The Kier molecular flexibility index (Phi) is 2.38. The van der Waals surface area contributed by atoms with E-state index in [1.165, 1.54) is 0 Å². The summed E-state index contributed by atoms with van der Waals surface area (Å²) in [6.45, 7) is 0. The summed E-state index contributed by atoms with van der Waals surface area (Å²) in [6, 6.07) is 6.97. The van der Waals surface area contributed by atoms with Gasteiger partial charge in [0.15, 0.2) is 0 Å². The molecule has 0 aliphatic heterocycles. The Morgan fingerprint density at radius 1 is 1.35 bits per heavy atom. The zero-order valence-corrected chi connectivity index (χ0v) is 10.6. The summed E-state index contributed by atoms with van der Waals surface area (Å²) in [5.41, 5.74) is 0.771. The lowest BCUT2D eigenvalue weighted by molar-refractivity contribution is 0.674. The number of halogens is 1. The number of nitrogens with one attached hydrogen (secondary N) is 1. The minimum Gasteiger partial charge on any atom is -0.256 e. The van der Waals surface area contributed by atoms with Gasteiger partial charge in [0.25, 0.3) is 0 Å². The van der Waals surface area contributed by atoms with Crippen molar-refractivity contribution in [1.82, 2.24) is 4.98 Å². The van der Waals surface area contributed by atoms with Crippen LogP contribution in [0.25, 0.3) is 10.9 Å². The van der Waals surface area contributed by atoms with Gasteiger partial charge in [0, 0.05) is 21.7 Å². The van der Waals surface area contributed by atoms with Crippen LogP contribution >= 0.6 is 11.6 Å². The first-order valence-corrected chi connectivity index (χ1v) is 7.41. The third kappa shape index (κ3) is 1.81. The van der Waals surface area contributed by atoms with E-state index >= 15 is 0 Å². The summed E-state index contributed by atoms with van der Waals surface area (Å²) in [5, 5.41) is 1.38. The van der Waals surface area contributed by atoms with Crippen LogP contribution in [0.15, 0.2) is 35.4 Å². The molecule has 1 fully saturated rings. The van der Waals surface area contributed by atoms with Crippen molar-refractivity contribution in [3.05, 3.63) is 35.5 Å². The van der Waals surface area contributed by atoms with Crippen molar-refractivity contribution in [2.75, 3.05) is 0 Å². The first-order chi connectivity index (χ1) is 8.09. The standard InChI is InChI=1S/C12H11ClN2OS/c13-11-5-6-15-12-4-3-9(7-10(11)12)17(14,16)8-1-2-8/h3-8,14H,1-2H2. The smallest absolute Gasteiger partial charge is 0.0755 e. The lowest BCUT2D eigenvalue weighted by Crippen LogP contribution is -2.04. The van der Waals surface area contributed by atoms with E-state index in [0.29, 0.717) is 9.92 Å². The highest BCUT2D eigenvalue weighted by molar-refractivity contribution is 7.93. The van der Waals surface area contributed by atoms with Crippen LogP contribution in [0.4, 0.5) is 0 Å². The zero-order valence-electron chi connectivity index (χ0n) is 9.02. The molecule has 0 bridgehead atoms. The van der Waals surface area contributed by atoms with Crippen molar-refractivity contribution in [1.29, 1.82) is 4.78 Å². The van der Waals surface area contributed by atoms with E-state index in [1.54, 1.807) is 30.5 Å². The number of fused-ring (bicyclic) bond motifs is 1. The molecule has 1 aliphatic rings. The van der Waals surface area contributed by atoms with Crippen molar-refractivity contribution in [2.45, 2.75) is 23.0 Å². The molecule has 0 radical (unpaired) electrons. The topological polar surface area (TPSA) is 53.8 Å². The molecule has 17 heavy (non-hydrogen) atoms. The van der Waals surface area contributed by atoms with Gasteiger partial charge in [0.2, 0.25) is 0 Å². The summed E-state index contributed by atoms with van der Waals surface area (Å²) in [4.78, 5) is 4.76. The molecule has 1 saturated carbocycles. The van der Waals surface area contributed by atoms with Crippen molar-refractivity contribution in [3.8, 4) is 0 Å². The number of aromatic nitrogens is 1. The van der Waals surface area contributed by atoms with E-state index in [9.17, 15) is 4.21 Å². The summed E-state index contributed by atoms with van der Waals surface area (Å²) in [6.07, 6.45) is 3.42. The first-order valence-electron chi connectivity index (χ1n) is 5.41. The van der Waals surface area contributed by atoms with E-state index in [1.807, 2.05) is 0 Å². The SMILES string of the molecule is N=S(=O)(c1ccc2nccc(Cl)c2c1)C1CC1. The van der Waals surface area contributed by atoms with Gasteiger partial charge in [-0.15, -0.1) is 0 Å². The number of hydrogen-bond donors (Lipinski definition) is 1. The molecule has 3 nitrogen and oxygen atoms in total. The highest BCUT2D eigenvalue weighted by atomic mass is 35.5. The molecule has 1 aromatic carbocycles. The van der Waals surface area contributed by atoms with Gasteiger partial charge in [-0.25, -0.2) is 8.99 Å². The average Bonchev–Trinajstić information content (AvgIpc) is 3.13. The molecule has 1 unspecified atom stereocenters. The number of nitrogens with zero attached hydrogens (tertiary/aromatic N) is 1. The fraction of sp³-hybridized carbons (Fsp3) is 0.250. The summed E-state index contributed by atoms with van der Waals surface area (Å²) < 4.78 is 20.3. The monoisotopic (exact) mass is 266 g/mol.